The van der Waals surface area contributed by atoms with Crippen molar-refractivity contribution in [2.24, 2.45) is 0 Å². The summed E-state index contributed by atoms with van der Waals surface area (Å²) in [5, 5.41) is 1.81. The van der Waals surface area contributed by atoms with E-state index in [2.05, 4.69) is 21.9 Å². The highest BCUT2D eigenvalue weighted by Gasteiger charge is 2.15. The Bertz CT molecular complexity index is 1120. The van der Waals surface area contributed by atoms with Gasteiger partial charge in [0, 0.05) is 15.8 Å². The smallest absolute Gasteiger partial charge is 0.316 e. The number of ether oxygens (including phenoxy) is 1. The van der Waals surface area contributed by atoms with Crippen LogP contribution in [0.1, 0.15) is 16.3 Å². The maximum absolute atomic E-state index is 12.1. The van der Waals surface area contributed by atoms with Gasteiger partial charge in [0.25, 0.3) is 0 Å². The summed E-state index contributed by atoms with van der Waals surface area (Å²) in [6.45, 7) is 4.11. The largest absolute Gasteiger partial charge is 0.455 e. The van der Waals surface area contributed by atoms with Crippen molar-refractivity contribution in [3.63, 3.8) is 0 Å². The number of hydrogen-bond acceptors (Lipinski definition) is 8. The van der Waals surface area contributed by atoms with Crippen LogP contribution in [0, 0.1) is 13.8 Å². The molecule has 0 fully saturated rings. The molecule has 0 atom stereocenters. The normalized spacial score (nSPS) is 11.1. The van der Waals surface area contributed by atoms with Gasteiger partial charge in [-0.1, -0.05) is 42.1 Å². The Balaban J connectivity index is 1.35. The molecule has 142 valence electrons. The zero-order valence-corrected chi connectivity index (χ0v) is 17.0. The third-order valence-corrected chi connectivity index (χ3v) is 6.30. The number of benzene rings is 1. The summed E-state index contributed by atoms with van der Waals surface area (Å²) in [7, 11) is 0. The number of carbonyl (C=O) groups excluding carboxylic acids is 1. The van der Waals surface area contributed by atoms with E-state index in [4.69, 9.17) is 9.15 Å². The fraction of sp³-hybridized carbons (Fsp3) is 0.200. The Kier molecular flexibility index (Phi) is 5.40. The van der Waals surface area contributed by atoms with Gasteiger partial charge in [-0.3, -0.25) is 4.79 Å². The van der Waals surface area contributed by atoms with Crippen LogP contribution in [0.15, 0.2) is 52.3 Å². The van der Waals surface area contributed by atoms with Crippen LogP contribution in [-0.2, 0) is 16.1 Å². The van der Waals surface area contributed by atoms with E-state index in [1.807, 2.05) is 37.3 Å². The highest BCUT2D eigenvalue weighted by molar-refractivity contribution is 8.00. The molecule has 3 aromatic heterocycles. The van der Waals surface area contributed by atoms with E-state index in [-0.39, 0.29) is 18.3 Å². The Morgan fingerprint density at radius 3 is 2.82 bits per heavy atom. The van der Waals surface area contributed by atoms with Crippen LogP contribution in [0.25, 0.3) is 21.5 Å². The average molecular weight is 412 g/mol. The molecule has 0 saturated carbocycles. The first kappa shape index (κ1) is 18.6. The van der Waals surface area contributed by atoms with Gasteiger partial charge >= 0.3 is 5.97 Å². The molecule has 0 amide bonds. The number of thioether (sulfide) groups is 1. The Hall–Kier alpha value is -2.71. The molecular weight excluding hydrogens is 394 g/mol. The second kappa shape index (κ2) is 8.12. The number of carbonyl (C=O) groups is 1. The zero-order valence-electron chi connectivity index (χ0n) is 15.3. The van der Waals surface area contributed by atoms with Crippen LogP contribution in [0.2, 0.25) is 0 Å². The summed E-state index contributed by atoms with van der Waals surface area (Å²) < 4.78 is 10.9. The van der Waals surface area contributed by atoms with Crippen molar-refractivity contribution in [1.82, 2.24) is 15.0 Å². The molecule has 0 unspecified atom stereocenters. The number of esters is 1. The third kappa shape index (κ3) is 3.93. The monoisotopic (exact) mass is 411 g/mol. The van der Waals surface area contributed by atoms with Gasteiger partial charge in [0.15, 0.2) is 12.4 Å². The van der Waals surface area contributed by atoms with Crippen molar-refractivity contribution in [2.45, 2.75) is 25.5 Å². The SMILES string of the molecule is Cc1sc2ncnc(SCC(=O)OCc3ncc(-c4ccccc4)o3)c2c1C. The van der Waals surface area contributed by atoms with E-state index in [0.29, 0.717) is 11.7 Å². The van der Waals surface area contributed by atoms with Crippen molar-refractivity contribution in [2.75, 3.05) is 5.75 Å². The van der Waals surface area contributed by atoms with Gasteiger partial charge in [-0.15, -0.1) is 11.3 Å². The van der Waals surface area contributed by atoms with Crippen molar-refractivity contribution >= 4 is 39.3 Å². The first-order valence-electron chi connectivity index (χ1n) is 8.61. The molecule has 8 heteroatoms. The maximum Gasteiger partial charge on any atom is 0.316 e. The summed E-state index contributed by atoms with van der Waals surface area (Å²) in [5.74, 6) is 0.826. The van der Waals surface area contributed by atoms with Gasteiger partial charge in [-0.05, 0) is 19.4 Å². The van der Waals surface area contributed by atoms with Crippen LogP contribution in [-0.4, -0.2) is 26.7 Å². The molecule has 0 aliphatic carbocycles. The van der Waals surface area contributed by atoms with Gasteiger partial charge in [0.05, 0.1) is 11.9 Å². The number of rotatable bonds is 6. The molecule has 4 rings (SSSR count). The lowest BCUT2D eigenvalue weighted by atomic mass is 10.2. The highest BCUT2D eigenvalue weighted by Crippen LogP contribution is 2.34. The predicted molar refractivity (Wildman–Crippen MR) is 109 cm³/mol. The van der Waals surface area contributed by atoms with Crippen molar-refractivity contribution in [1.29, 1.82) is 0 Å². The minimum Gasteiger partial charge on any atom is -0.455 e. The lowest BCUT2D eigenvalue weighted by Gasteiger charge is -2.04. The number of fused-ring (bicyclic) bond motifs is 1. The van der Waals surface area contributed by atoms with Crippen LogP contribution in [0.4, 0.5) is 0 Å². The minimum absolute atomic E-state index is 0.00198. The highest BCUT2D eigenvalue weighted by atomic mass is 32.2. The van der Waals surface area contributed by atoms with Gasteiger partial charge < -0.3 is 9.15 Å². The molecule has 0 N–H and O–H groups in total. The molecule has 0 aliphatic rings. The van der Waals surface area contributed by atoms with Gasteiger partial charge in [0.1, 0.15) is 16.2 Å². The first-order chi connectivity index (χ1) is 13.6. The molecule has 0 bridgehead atoms. The molecule has 3 heterocycles. The lowest BCUT2D eigenvalue weighted by Crippen LogP contribution is -2.07. The fourth-order valence-corrected chi connectivity index (χ4v) is 4.60. The summed E-state index contributed by atoms with van der Waals surface area (Å²) in [4.78, 5) is 27.1. The Morgan fingerprint density at radius 1 is 1.18 bits per heavy atom. The van der Waals surface area contributed by atoms with Crippen LogP contribution >= 0.6 is 23.1 Å². The van der Waals surface area contributed by atoms with Crippen molar-refractivity contribution in [3.05, 3.63) is 59.2 Å². The minimum atomic E-state index is -0.346. The van der Waals surface area contributed by atoms with E-state index in [1.54, 1.807) is 17.5 Å². The standard InChI is InChI=1S/C20H17N3O3S2/c1-12-13(2)28-20-18(12)19(22-11-23-20)27-10-17(24)25-9-16-21-8-15(26-16)14-6-4-3-5-7-14/h3-8,11H,9-10H2,1-2H3. The molecule has 0 aliphatic heterocycles. The quantitative estimate of drug-likeness (QED) is 0.256. The molecular formula is C20H17N3O3S2. The van der Waals surface area contributed by atoms with Gasteiger partial charge in [-0.2, -0.15) is 0 Å². The van der Waals surface area contributed by atoms with E-state index in [0.717, 1.165) is 26.4 Å². The molecule has 28 heavy (non-hydrogen) atoms. The molecule has 6 nitrogen and oxygen atoms in total. The van der Waals surface area contributed by atoms with Crippen molar-refractivity contribution < 1.29 is 13.9 Å². The Morgan fingerprint density at radius 2 is 2.00 bits per heavy atom. The summed E-state index contributed by atoms with van der Waals surface area (Å²) in [5.41, 5.74) is 2.09. The maximum atomic E-state index is 12.1. The summed E-state index contributed by atoms with van der Waals surface area (Å²) in [6.07, 6.45) is 3.16. The number of thiophene rings is 1. The van der Waals surface area contributed by atoms with Crippen LogP contribution < -0.4 is 0 Å². The summed E-state index contributed by atoms with van der Waals surface area (Å²) >= 11 is 2.99. The third-order valence-electron chi connectivity index (χ3n) is 4.23. The topological polar surface area (TPSA) is 78.1 Å². The number of aromatic nitrogens is 3. The lowest BCUT2D eigenvalue weighted by molar-refractivity contribution is -0.142. The average Bonchev–Trinajstić information content (AvgIpc) is 3.30. The van der Waals surface area contributed by atoms with Gasteiger partial charge in [0.2, 0.25) is 5.89 Å². The molecule has 4 aromatic rings. The number of aryl methyl sites for hydroxylation is 2. The molecule has 0 spiro atoms. The molecule has 0 saturated heterocycles. The zero-order chi connectivity index (χ0) is 19.5. The van der Waals surface area contributed by atoms with Gasteiger partial charge in [-0.25, -0.2) is 15.0 Å². The fourth-order valence-electron chi connectivity index (χ4n) is 2.68. The van der Waals surface area contributed by atoms with Crippen molar-refractivity contribution in [3.8, 4) is 11.3 Å². The number of hydrogen-bond donors (Lipinski definition) is 0. The second-order valence-electron chi connectivity index (χ2n) is 6.08. The number of oxazole rings is 1. The molecule has 1 aromatic carbocycles. The second-order valence-corrected chi connectivity index (χ2v) is 8.24. The first-order valence-corrected chi connectivity index (χ1v) is 10.4. The summed E-state index contributed by atoms with van der Waals surface area (Å²) in [6, 6.07) is 9.66. The predicted octanol–water partition coefficient (Wildman–Crippen LogP) is 4.80. The van der Waals surface area contributed by atoms with E-state index < -0.39 is 0 Å². The van der Waals surface area contributed by atoms with E-state index in [1.165, 1.54) is 23.0 Å². The van der Waals surface area contributed by atoms with Crippen LogP contribution in [0.3, 0.4) is 0 Å². The van der Waals surface area contributed by atoms with Crippen LogP contribution in [0.5, 0.6) is 0 Å². The van der Waals surface area contributed by atoms with E-state index in [9.17, 15) is 4.79 Å². The Labute approximate surface area is 170 Å². The molecule has 0 radical (unpaired) electrons. The number of nitrogens with zero attached hydrogens (tertiary/aromatic N) is 3. The van der Waals surface area contributed by atoms with E-state index >= 15 is 0 Å².